The summed E-state index contributed by atoms with van der Waals surface area (Å²) in [6.07, 6.45) is 3.49. The zero-order chi connectivity index (χ0) is 16.3. The largest absolute Gasteiger partial charge is 0.500 e. The Bertz CT molecular complexity index is 293. The molecular formula is C15H31NO5Si. The standard InChI is InChI=1S/C15H31NO5Si/c1-4-19-22(20-5-2,21-6-3)12-8-10-15(17)16-13-14-9-7-11-18-14/h14H,4-13H2,1-3H3,(H,16,17). The highest BCUT2D eigenvalue weighted by Crippen LogP contribution is 2.19. The minimum atomic E-state index is -2.62. The molecule has 1 saturated heterocycles. The first kappa shape index (κ1) is 19.6. The molecule has 1 heterocycles. The van der Waals surface area contributed by atoms with Crippen LogP contribution in [0.2, 0.25) is 6.04 Å². The molecule has 0 aromatic rings. The minimum Gasteiger partial charge on any atom is -0.376 e. The summed E-state index contributed by atoms with van der Waals surface area (Å²) in [6.45, 7) is 8.94. The monoisotopic (exact) mass is 333 g/mol. The Morgan fingerprint density at radius 2 is 1.82 bits per heavy atom. The summed E-state index contributed by atoms with van der Waals surface area (Å²) in [5.41, 5.74) is 0. The van der Waals surface area contributed by atoms with Gasteiger partial charge in [-0.1, -0.05) is 0 Å². The van der Waals surface area contributed by atoms with Gasteiger partial charge in [0, 0.05) is 45.4 Å². The molecule has 1 amide bonds. The summed E-state index contributed by atoms with van der Waals surface area (Å²) in [6, 6.07) is 0.676. The highest BCUT2D eigenvalue weighted by atomic mass is 28.4. The van der Waals surface area contributed by atoms with Gasteiger partial charge in [-0.05, 0) is 40.0 Å². The van der Waals surface area contributed by atoms with E-state index < -0.39 is 8.80 Å². The van der Waals surface area contributed by atoms with Crippen molar-refractivity contribution in [3.8, 4) is 0 Å². The molecule has 1 unspecified atom stereocenters. The summed E-state index contributed by atoms with van der Waals surface area (Å²) < 4.78 is 22.8. The van der Waals surface area contributed by atoms with Gasteiger partial charge in [0.1, 0.15) is 0 Å². The Balaban J connectivity index is 2.28. The third-order valence-electron chi connectivity index (χ3n) is 3.53. The molecule has 1 aliphatic rings. The van der Waals surface area contributed by atoms with Gasteiger partial charge in [0.2, 0.25) is 5.91 Å². The number of hydrogen-bond acceptors (Lipinski definition) is 5. The lowest BCUT2D eigenvalue weighted by Gasteiger charge is -2.28. The van der Waals surface area contributed by atoms with Gasteiger partial charge >= 0.3 is 8.80 Å². The van der Waals surface area contributed by atoms with Gasteiger partial charge in [0.05, 0.1) is 6.10 Å². The van der Waals surface area contributed by atoms with Gasteiger partial charge < -0.3 is 23.3 Å². The van der Waals surface area contributed by atoms with Crippen molar-refractivity contribution in [3.05, 3.63) is 0 Å². The van der Waals surface area contributed by atoms with Crippen molar-refractivity contribution in [2.45, 2.75) is 58.6 Å². The molecule has 130 valence electrons. The van der Waals surface area contributed by atoms with Gasteiger partial charge in [-0.2, -0.15) is 0 Å². The van der Waals surface area contributed by atoms with E-state index in [2.05, 4.69) is 5.32 Å². The zero-order valence-corrected chi connectivity index (χ0v) is 15.2. The molecule has 7 heteroatoms. The van der Waals surface area contributed by atoms with E-state index in [9.17, 15) is 4.79 Å². The lowest BCUT2D eigenvalue weighted by Crippen LogP contribution is -2.46. The molecule has 0 aromatic heterocycles. The lowest BCUT2D eigenvalue weighted by molar-refractivity contribution is -0.121. The number of carbonyl (C=O) groups is 1. The second kappa shape index (κ2) is 11.1. The number of hydrogen-bond donors (Lipinski definition) is 1. The Kier molecular flexibility index (Phi) is 9.90. The van der Waals surface area contributed by atoms with E-state index in [0.717, 1.165) is 19.4 Å². The van der Waals surface area contributed by atoms with Gasteiger partial charge in [-0.15, -0.1) is 0 Å². The first-order chi connectivity index (χ1) is 10.7. The van der Waals surface area contributed by atoms with E-state index in [-0.39, 0.29) is 12.0 Å². The van der Waals surface area contributed by atoms with E-state index >= 15 is 0 Å². The number of ether oxygens (including phenoxy) is 1. The van der Waals surface area contributed by atoms with Crippen LogP contribution >= 0.6 is 0 Å². The molecule has 1 N–H and O–H groups in total. The third kappa shape index (κ3) is 7.19. The first-order valence-electron chi connectivity index (χ1n) is 8.46. The molecule has 1 rings (SSSR count). The Labute approximate surface area is 135 Å². The van der Waals surface area contributed by atoms with E-state index in [1.165, 1.54) is 0 Å². The van der Waals surface area contributed by atoms with Gasteiger partial charge in [0.25, 0.3) is 0 Å². The maximum atomic E-state index is 11.9. The molecule has 1 atom stereocenters. The van der Waals surface area contributed by atoms with Crippen LogP contribution in [0.1, 0.15) is 46.5 Å². The van der Waals surface area contributed by atoms with Crippen LogP contribution in [0, 0.1) is 0 Å². The minimum absolute atomic E-state index is 0.0582. The zero-order valence-electron chi connectivity index (χ0n) is 14.2. The molecule has 0 spiro atoms. The molecule has 1 fully saturated rings. The van der Waals surface area contributed by atoms with Gasteiger partial charge in [-0.3, -0.25) is 4.79 Å². The lowest BCUT2D eigenvalue weighted by atomic mass is 10.2. The Morgan fingerprint density at radius 1 is 1.18 bits per heavy atom. The normalized spacial score (nSPS) is 18.6. The van der Waals surface area contributed by atoms with Crippen LogP contribution in [0.15, 0.2) is 0 Å². The summed E-state index contributed by atoms with van der Waals surface area (Å²) >= 11 is 0. The summed E-state index contributed by atoms with van der Waals surface area (Å²) in [5.74, 6) is 0.0582. The fourth-order valence-electron chi connectivity index (χ4n) is 2.59. The van der Waals surface area contributed by atoms with Crippen LogP contribution in [0.5, 0.6) is 0 Å². The average molecular weight is 334 g/mol. The summed E-state index contributed by atoms with van der Waals surface area (Å²) in [7, 11) is -2.62. The predicted octanol–water partition coefficient (Wildman–Crippen LogP) is 2.11. The van der Waals surface area contributed by atoms with E-state index in [0.29, 0.717) is 45.3 Å². The molecule has 22 heavy (non-hydrogen) atoms. The van der Waals surface area contributed by atoms with E-state index in [1.54, 1.807) is 0 Å². The number of amides is 1. The third-order valence-corrected chi connectivity index (χ3v) is 6.68. The fourth-order valence-corrected chi connectivity index (χ4v) is 5.20. The summed E-state index contributed by atoms with van der Waals surface area (Å²) in [4.78, 5) is 11.9. The smallest absolute Gasteiger partial charge is 0.376 e. The van der Waals surface area contributed by atoms with Gasteiger partial charge in [0.15, 0.2) is 0 Å². The molecule has 0 saturated carbocycles. The summed E-state index contributed by atoms with van der Waals surface area (Å²) in [5, 5.41) is 2.94. The van der Waals surface area contributed by atoms with Crippen molar-refractivity contribution >= 4 is 14.7 Å². The van der Waals surface area contributed by atoms with Crippen LogP contribution < -0.4 is 5.32 Å². The van der Waals surface area contributed by atoms with Crippen LogP contribution in [0.4, 0.5) is 0 Å². The topological polar surface area (TPSA) is 66.0 Å². The van der Waals surface area contributed by atoms with Crippen molar-refractivity contribution in [2.24, 2.45) is 0 Å². The fraction of sp³-hybridized carbons (Fsp3) is 0.933. The molecule has 0 bridgehead atoms. The Morgan fingerprint density at radius 3 is 2.32 bits per heavy atom. The maximum absolute atomic E-state index is 11.9. The molecular weight excluding hydrogens is 302 g/mol. The second-order valence-electron chi connectivity index (χ2n) is 5.27. The van der Waals surface area contributed by atoms with E-state index in [4.69, 9.17) is 18.0 Å². The maximum Gasteiger partial charge on any atom is 0.500 e. The van der Waals surface area contributed by atoms with Crippen molar-refractivity contribution in [1.29, 1.82) is 0 Å². The van der Waals surface area contributed by atoms with Gasteiger partial charge in [-0.25, -0.2) is 0 Å². The van der Waals surface area contributed by atoms with Crippen molar-refractivity contribution < 1.29 is 22.8 Å². The number of carbonyl (C=O) groups excluding carboxylic acids is 1. The van der Waals surface area contributed by atoms with E-state index in [1.807, 2.05) is 20.8 Å². The van der Waals surface area contributed by atoms with Crippen LogP contribution in [0.25, 0.3) is 0 Å². The number of nitrogens with one attached hydrogen (secondary N) is 1. The SMILES string of the molecule is CCO[Si](CCCC(=O)NCC1CCCO1)(OCC)OCC. The first-order valence-corrected chi connectivity index (χ1v) is 10.4. The Hall–Kier alpha value is -0.473. The molecule has 0 radical (unpaired) electrons. The second-order valence-corrected chi connectivity index (χ2v) is 8.01. The molecule has 0 aromatic carbocycles. The van der Waals surface area contributed by atoms with Crippen molar-refractivity contribution in [1.82, 2.24) is 5.32 Å². The molecule has 6 nitrogen and oxygen atoms in total. The van der Waals surface area contributed by atoms with Crippen molar-refractivity contribution in [2.75, 3.05) is 33.0 Å². The number of rotatable bonds is 12. The van der Waals surface area contributed by atoms with Crippen LogP contribution in [0.3, 0.4) is 0 Å². The molecule has 1 aliphatic heterocycles. The highest BCUT2D eigenvalue weighted by molar-refractivity contribution is 6.60. The predicted molar refractivity (Wildman–Crippen MR) is 86.7 cm³/mol. The van der Waals surface area contributed by atoms with Crippen LogP contribution in [-0.2, 0) is 22.8 Å². The quantitative estimate of drug-likeness (QED) is 0.554. The highest BCUT2D eigenvalue weighted by Gasteiger charge is 2.39. The van der Waals surface area contributed by atoms with Crippen LogP contribution in [-0.4, -0.2) is 53.8 Å². The molecule has 0 aliphatic carbocycles. The average Bonchev–Trinajstić information content (AvgIpc) is 2.99. The van der Waals surface area contributed by atoms with Crippen molar-refractivity contribution in [3.63, 3.8) is 0 Å².